The number of nitrogens with zero attached hydrogens (tertiary/aromatic N) is 2. The van der Waals surface area contributed by atoms with Crippen molar-refractivity contribution in [1.82, 2.24) is 10.2 Å². The van der Waals surface area contributed by atoms with Crippen LogP contribution in [-0.4, -0.2) is 59.4 Å². The highest BCUT2D eigenvalue weighted by Crippen LogP contribution is 2.36. The van der Waals surface area contributed by atoms with E-state index in [2.05, 4.69) is 15.3 Å². The molecule has 0 aromatic carbocycles. The topological polar surface area (TPSA) is 136 Å². The maximum absolute atomic E-state index is 12.4. The van der Waals surface area contributed by atoms with E-state index in [1.807, 2.05) is 0 Å². The maximum atomic E-state index is 12.4. The van der Waals surface area contributed by atoms with Gasteiger partial charge in [-0.2, -0.15) is 0 Å². The molecular formula is C15H16N4O6S. The monoisotopic (exact) mass is 380 g/mol. The fraction of sp³-hybridized carbons (Fsp3) is 0.333. The van der Waals surface area contributed by atoms with Gasteiger partial charge in [-0.25, -0.2) is 4.79 Å². The van der Waals surface area contributed by atoms with Crippen molar-refractivity contribution in [3.63, 3.8) is 0 Å². The average Bonchev–Trinajstić information content (AvgIpc) is 3.16. The first kappa shape index (κ1) is 17.9. The van der Waals surface area contributed by atoms with Crippen molar-refractivity contribution in [1.29, 1.82) is 0 Å². The molecule has 3 N–H and O–H groups in total. The van der Waals surface area contributed by atoms with Gasteiger partial charge >= 0.3 is 6.09 Å². The van der Waals surface area contributed by atoms with Crippen LogP contribution in [0, 0.1) is 0 Å². The van der Waals surface area contributed by atoms with Crippen LogP contribution >= 0.6 is 11.8 Å². The Balaban J connectivity index is 1.64. The number of thioether (sulfide) groups is 1. The third kappa shape index (κ3) is 3.52. The van der Waals surface area contributed by atoms with Crippen molar-refractivity contribution < 1.29 is 28.4 Å². The molecule has 138 valence electrons. The standard InChI is InChI=1S/C15H16N4O6S/c1-23-18-10(9-3-2-4-24-9)12(20)17-11-13(21)19-5-8(6-25-15(16)22)7-26-14(11)19/h2-5,11,14H,6-7H2,1H3,(H2,16,22)(H,17,20)/b18-10-/t11-,14-/m1/s1. The number of furan rings is 1. The molecule has 1 aromatic heterocycles. The highest BCUT2D eigenvalue weighted by atomic mass is 32.2. The molecule has 10 nitrogen and oxygen atoms in total. The van der Waals surface area contributed by atoms with Crippen LogP contribution in [0.1, 0.15) is 5.76 Å². The van der Waals surface area contributed by atoms with Gasteiger partial charge in [0, 0.05) is 12.0 Å². The van der Waals surface area contributed by atoms with E-state index in [4.69, 9.17) is 14.9 Å². The number of carbonyl (C=O) groups excluding carboxylic acids is 3. The van der Waals surface area contributed by atoms with Crippen LogP contribution in [0.4, 0.5) is 4.79 Å². The van der Waals surface area contributed by atoms with Crippen LogP contribution in [0.2, 0.25) is 0 Å². The van der Waals surface area contributed by atoms with Gasteiger partial charge in [-0.15, -0.1) is 11.8 Å². The van der Waals surface area contributed by atoms with Crippen LogP contribution in [-0.2, 0) is 19.2 Å². The Bertz CT molecular complexity index is 775. The second-order valence-electron chi connectivity index (χ2n) is 5.39. The number of oxime groups is 1. The Morgan fingerprint density at radius 2 is 2.35 bits per heavy atom. The molecule has 26 heavy (non-hydrogen) atoms. The first-order valence-electron chi connectivity index (χ1n) is 7.52. The van der Waals surface area contributed by atoms with E-state index in [9.17, 15) is 14.4 Å². The molecule has 0 bridgehead atoms. The highest BCUT2D eigenvalue weighted by molar-refractivity contribution is 8.00. The minimum atomic E-state index is -0.874. The number of nitrogens with one attached hydrogen (secondary N) is 1. The van der Waals surface area contributed by atoms with E-state index in [1.165, 1.54) is 30.0 Å². The normalized spacial score (nSPS) is 22.0. The second kappa shape index (κ2) is 7.52. The summed E-state index contributed by atoms with van der Waals surface area (Å²) in [4.78, 5) is 41.6. The van der Waals surface area contributed by atoms with E-state index >= 15 is 0 Å². The molecule has 2 aliphatic rings. The summed E-state index contributed by atoms with van der Waals surface area (Å²) in [5.41, 5.74) is 5.62. The summed E-state index contributed by atoms with van der Waals surface area (Å²) in [6.07, 6.45) is 2.15. The van der Waals surface area contributed by atoms with Gasteiger partial charge in [0.05, 0.1) is 6.26 Å². The van der Waals surface area contributed by atoms with Crippen molar-refractivity contribution in [2.75, 3.05) is 19.5 Å². The van der Waals surface area contributed by atoms with E-state index in [0.717, 1.165) is 5.57 Å². The Hall–Kier alpha value is -2.95. The molecule has 0 aliphatic carbocycles. The highest BCUT2D eigenvalue weighted by Gasteiger charge is 2.49. The van der Waals surface area contributed by atoms with Gasteiger partial charge in [0.15, 0.2) is 5.76 Å². The van der Waals surface area contributed by atoms with Crippen molar-refractivity contribution in [2.45, 2.75) is 11.4 Å². The molecule has 0 unspecified atom stereocenters. The summed E-state index contributed by atoms with van der Waals surface area (Å²) in [5, 5.41) is 6.07. The van der Waals surface area contributed by atoms with E-state index in [1.54, 1.807) is 18.3 Å². The van der Waals surface area contributed by atoms with Crippen LogP contribution in [0.5, 0.6) is 0 Å². The summed E-state index contributed by atoms with van der Waals surface area (Å²) in [7, 11) is 1.31. The lowest BCUT2D eigenvalue weighted by Gasteiger charge is -2.47. The molecule has 0 radical (unpaired) electrons. The maximum Gasteiger partial charge on any atom is 0.404 e. The number of β-lactam (4-membered cyclic amide) rings is 1. The Labute approximate surface area is 152 Å². The first-order valence-corrected chi connectivity index (χ1v) is 8.57. The van der Waals surface area contributed by atoms with Gasteiger partial charge in [0.1, 0.15) is 25.1 Å². The number of rotatable bonds is 6. The van der Waals surface area contributed by atoms with Gasteiger partial charge in [-0.05, 0) is 17.7 Å². The molecule has 11 heteroatoms. The summed E-state index contributed by atoms with van der Waals surface area (Å²) in [5.74, 6) is -0.0729. The molecule has 3 amide bonds. The van der Waals surface area contributed by atoms with Crippen molar-refractivity contribution in [2.24, 2.45) is 10.9 Å². The zero-order valence-corrected chi connectivity index (χ0v) is 14.5. The summed E-state index contributed by atoms with van der Waals surface area (Å²) < 4.78 is 9.89. The van der Waals surface area contributed by atoms with E-state index in [-0.39, 0.29) is 29.4 Å². The van der Waals surface area contributed by atoms with E-state index < -0.39 is 18.0 Å². The number of ether oxygens (including phenoxy) is 1. The number of amides is 3. The van der Waals surface area contributed by atoms with Crippen LogP contribution in [0.15, 0.2) is 39.7 Å². The number of carbonyl (C=O) groups is 3. The third-order valence-electron chi connectivity index (χ3n) is 3.68. The molecule has 3 heterocycles. The SMILES string of the molecule is CO/N=C(\C(=O)N[C@@H]1C(=O)N2C=C(COC(N)=O)CS[C@H]12)c1ccco1. The molecule has 0 spiro atoms. The number of fused-ring (bicyclic) bond motifs is 1. The second-order valence-corrected chi connectivity index (χ2v) is 6.50. The summed E-state index contributed by atoms with van der Waals surface area (Å²) in [6.45, 7) is 0.0268. The number of hydrogen-bond acceptors (Lipinski definition) is 8. The van der Waals surface area contributed by atoms with Crippen molar-refractivity contribution in [3.8, 4) is 0 Å². The number of nitrogens with two attached hydrogens (primary N) is 1. The zero-order valence-electron chi connectivity index (χ0n) is 13.7. The smallest absolute Gasteiger partial charge is 0.404 e. The quantitative estimate of drug-likeness (QED) is 0.403. The molecule has 0 saturated carbocycles. The third-order valence-corrected chi connectivity index (χ3v) is 5.06. The van der Waals surface area contributed by atoms with Gasteiger partial charge in [0.2, 0.25) is 5.71 Å². The first-order chi connectivity index (χ1) is 12.5. The molecule has 3 rings (SSSR count). The summed E-state index contributed by atoms with van der Waals surface area (Å²) in [6, 6.07) is 2.48. The van der Waals surface area contributed by atoms with Crippen molar-refractivity contribution >= 4 is 35.4 Å². The van der Waals surface area contributed by atoms with Crippen LogP contribution in [0.25, 0.3) is 0 Å². The lowest BCUT2D eigenvalue weighted by molar-refractivity contribution is -0.143. The van der Waals surface area contributed by atoms with Gasteiger partial charge in [0.25, 0.3) is 11.8 Å². The lowest BCUT2D eigenvalue weighted by atomic mass is 10.1. The van der Waals surface area contributed by atoms with Crippen LogP contribution in [0.3, 0.4) is 0 Å². The Morgan fingerprint density at radius 3 is 3.00 bits per heavy atom. The average molecular weight is 380 g/mol. The molecule has 1 fully saturated rings. The Morgan fingerprint density at radius 1 is 1.54 bits per heavy atom. The fourth-order valence-corrected chi connectivity index (χ4v) is 3.76. The van der Waals surface area contributed by atoms with Crippen molar-refractivity contribution in [3.05, 3.63) is 35.9 Å². The molecule has 2 aliphatic heterocycles. The van der Waals surface area contributed by atoms with Gasteiger partial charge in [-0.1, -0.05) is 5.16 Å². The largest absolute Gasteiger partial charge is 0.462 e. The van der Waals surface area contributed by atoms with E-state index in [0.29, 0.717) is 5.75 Å². The van der Waals surface area contributed by atoms with Crippen LogP contribution < -0.4 is 11.1 Å². The Kier molecular flexibility index (Phi) is 5.16. The molecule has 1 aromatic rings. The predicted octanol–water partition coefficient (Wildman–Crippen LogP) is 0.00920. The van der Waals surface area contributed by atoms with Gasteiger partial charge in [-0.3, -0.25) is 9.59 Å². The number of primary amides is 1. The minimum Gasteiger partial charge on any atom is -0.462 e. The molecule has 2 atom stereocenters. The predicted molar refractivity (Wildman–Crippen MR) is 90.9 cm³/mol. The molecule has 1 saturated heterocycles. The summed E-state index contributed by atoms with van der Waals surface area (Å²) >= 11 is 1.44. The minimum absolute atomic E-state index is 0.0268. The zero-order chi connectivity index (χ0) is 18.7. The lowest BCUT2D eigenvalue weighted by Crippen LogP contribution is -2.69. The van der Waals surface area contributed by atoms with Gasteiger partial charge < -0.3 is 29.9 Å². The molecular weight excluding hydrogens is 364 g/mol. The fourth-order valence-electron chi connectivity index (χ4n) is 2.51. The number of hydrogen-bond donors (Lipinski definition) is 2.